The van der Waals surface area contributed by atoms with Crippen molar-refractivity contribution < 1.29 is 14.0 Å². The smallest absolute Gasteiger partial charge is 0.246 e. The largest absolute Gasteiger partial charge is 0.343 e. The quantitative estimate of drug-likeness (QED) is 0.785. The van der Waals surface area contributed by atoms with Gasteiger partial charge >= 0.3 is 0 Å². The van der Waals surface area contributed by atoms with Crippen molar-refractivity contribution in [3.05, 3.63) is 0 Å². The first-order valence-corrected chi connectivity index (χ1v) is 6.30. The van der Waals surface area contributed by atoms with Crippen molar-refractivity contribution in [1.29, 1.82) is 0 Å². The molecular formula is C12H19FN2O2. The van der Waals surface area contributed by atoms with Gasteiger partial charge in [-0.05, 0) is 19.8 Å². The molecule has 2 aliphatic rings. The molecule has 1 aliphatic heterocycles. The fourth-order valence-electron chi connectivity index (χ4n) is 3.00. The lowest BCUT2D eigenvalue weighted by molar-refractivity contribution is -0.159. The van der Waals surface area contributed by atoms with E-state index in [4.69, 9.17) is 0 Å². The number of hydrogen-bond acceptors (Lipinski definition) is 2. The van der Waals surface area contributed by atoms with Crippen LogP contribution in [0, 0.1) is 0 Å². The van der Waals surface area contributed by atoms with Crippen LogP contribution < -0.4 is 5.32 Å². The molecule has 17 heavy (non-hydrogen) atoms. The third kappa shape index (κ3) is 1.91. The van der Waals surface area contributed by atoms with Gasteiger partial charge in [-0.25, -0.2) is 4.39 Å². The number of amides is 2. The van der Waals surface area contributed by atoms with Gasteiger partial charge in [0.05, 0.1) is 6.54 Å². The van der Waals surface area contributed by atoms with E-state index in [0.717, 1.165) is 19.3 Å². The van der Waals surface area contributed by atoms with Gasteiger partial charge in [-0.3, -0.25) is 9.59 Å². The highest BCUT2D eigenvalue weighted by Crippen LogP contribution is 2.36. The van der Waals surface area contributed by atoms with Crippen molar-refractivity contribution in [2.45, 2.75) is 50.6 Å². The Hall–Kier alpha value is -1.13. The van der Waals surface area contributed by atoms with Crippen LogP contribution in [0.1, 0.15) is 39.0 Å². The lowest BCUT2D eigenvalue weighted by Gasteiger charge is -2.49. The lowest BCUT2D eigenvalue weighted by atomic mass is 9.77. The van der Waals surface area contributed by atoms with Crippen molar-refractivity contribution >= 4 is 11.8 Å². The Morgan fingerprint density at radius 2 is 2.00 bits per heavy atom. The molecular weight excluding hydrogens is 223 g/mol. The van der Waals surface area contributed by atoms with Crippen LogP contribution in [0.25, 0.3) is 0 Å². The molecule has 0 aromatic rings. The molecule has 96 valence electrons. The summed E-state index contributed by atoms with van der Waals surface area (Å²) >= 11 is 0. The predicted molar refractivity (Wildman–Crippen MR) is 61.1 cm³/mol. The van der Waals surface area contributed by atoms with Gasteiger partial charge in [0.15, 0.2) is 0 Å². The molecule has 0 radical (unpaired) electrons. The Morgan fingerprint density at radius 1 is 1.35 bits per heavy atom. The summed E-state index contributed by atoms with van der Waals surface area (Å²) < 4.78 is 12.6. The van der Waals surface area contributed by atoms with Crippen LogP contribution in [-0.4, -0.2) is 41.5 Å². The van der Waals surface area contributed by atoms with Crippen molar-refractivity contribution in [3.8, 4) is 0 Å². The lowest BCUT2D eigenvalue weighted by Crippen LogP contribution is -2.70. The molecule has 0 bridgehead atoms. The molecule has 5 heteroatoms. The molecule has 1 N–H and O–H groups in total. The second kappa shape index (κ2) is 4.63. The van der Waals surface area contributed by atoms with E-state index in [0.29, 0.717) is 12.8 Å². The van der Waals surface area contributed by atoms with Gasteiger partial charge in [-0.15, -0.1) is 0 Å². The SMILES string of the molecule is CC1NC(=O)C2(CCCCC2)N(CCF)C1=O. The molecule has 2 rings (SSSR count). The number of nitrogens with zero attached hydrogens (tertiary/aromatic N) is 1. The minimum Gasteiger partial charge on any atom is -0.343 e. The highest BCUT2D eigenvalue weighted by Gasteiger charge is 2.51. The number of carbonyl (C=O) groups is 2. The van der Waals surface area contributed by atoms with Crippen molar-refractivity contribution in [1.82, 2.24) is 10.2 Å². The number of nitrogens with one attached hydrogen (secondary N) is 1. The van der Waals surface area contributed by atoms with Crippen molar-refractivity contribution in [2.75, 3.05) is 13.2 Å². The van der Waals surface area contributed by atoms with Crippen LogP contribution in [0.15, 0.2) is 0 Å². The van der Waals surface area contributed by atoms with Crippen LogP contribution in [0.2, 0.25) is 0 Å². The Morgan fingerprint density at radius 3 is 2.59 bits per heavy atom. The molecule has 4 nitrogen and oxygen atoms in total. The number of halogens is 1. The summed E-state index contributed by atoms with van der Waals surface area (Å²) in [6, 6.07) is -0.526. The third-order valence-corrected chi connectivity index (χ3v) is 3.91. The van der Waals surface area contributed by atoms with Gasteiger partial charge in [0, 0.05) is 0 Å². The number of piperazine rings is 1. The van der Waals surface area contributed by atoms with Crippen LogP contribution >= 0.6 is 0 Å². The average molecular weight is 242 g/mol. The molecule has 1 atom stereocenters. The maximum absolute atomic E-state index is 12.6. The normalized spacial score (nSPS) is 28.4. The summed E-state index contributed by atoms with van der Waals surface area (Å²) in [7, 11) is 0. The molecule has 0 aromatic carbocycles. The van der Waals surface area contributed by atoms with Crippen LogP contribution in [0.5, 0.6) is 0 Å². The number of alkyl halides is 1. The number of hydrogen-bond donors (Lipinski definition) is 1. The average Bonchev–Trinajstić information content (AvgIpc) is 2.34. The first kappa shape index (κ1) is 12.3. The summed E-state index contributed by atoms with van der Waals surface area (Å²) in [6.45, 7) is 1.10. The standard InChI is InChI=1S/C12H19FN2O2/c1-9-10(16)15(8-7-13)12(11(17)14-9)5-3-2-4-6-12/h9H,2-8H2,1H3,(H,14,17). The maximum Gasteiger partial charge on any atom is 0.246 e. The van der Waals surface area contributed by atoms with Crippen LogP contribution in [0.4, 0.5) is 4.39 Å². The highest BCUT2D eigenvalue weighted by atomic mass is 19.1. The van der Waals surface area contributed by atoms with E-state index < -0.39 is 18.3 Å². The fraction of sp³-hybridized carbons (Fsp3) is 0.833. The Kier molecular flexibility index (Phi) is 3.35. The molecule has 1 saturated carbocycles. The Balaban J connectivity index is 2.30. The summed E-state index contributed by atoms with van der Waals surface area (Å²) in [5.74, 6) is -0.248. The monoisotopic (exact) mass is 242 g/mol. The molecule has 2 amide bonds. The molecule has 1 saturated heterocycles. The highest BCUT2D eigenvalue weighted by molar-refractivity contribution is 5.99. The van der Waals surface area contributed by atoms with Gasteiger partial charge < -0.3 is 10.2 Å². The van der Waals surface area contributed by atoms with E-state index in [2.05, 4.69) is 5.32 Å². The van der Waals surface area contributed by atoms with Gasteiger partial charge in [-0.1, -0.05) is 19.3 Å². The minimum atomic E-state index is -0.770. The molecule has 1 aliphatic carbocycles. The predicted octanol–water partition coefficient (Wildman–Crippen LogP) is 1.01. The molecule has 2 fully saturated rings. The minimum absolute atomic E-state index is 0.0383. The van der Waals surface area contributed by atoms with E-state index in [1.165, 1.54) is 4.90 Å². The summed E-state index contributed by atoms with van der Waals surface area (Å²) in [5.41, 5.74) is -0.770. The topological polar surface area (TPSA) is 49.4 Å². The van der Waals surface area contributed by atoms with Crippen LogP contribution in [0.3, 0.4) is 0 Å². The summed E-state index contributed by atoms with van der Waals surface area (Å²) in [6.07, 6.45) is 4.27. The van der Waals surface area contributed by atoms with Gasteiger partial charge in [-0.2, -0.15) is 0 Å². The first-order chi connectivity index (χ1) is 8.12. The fourth-order valence-corrected chi connectivity index (χ4v) is 3.00. The first-order valence-electron chi connectivity index (χ1n) is 6.30. The Bertz CT molecular complexity index is 326. The van der Waals surface area contributed by atoms with Gasteiger partial charge in [0.1, 0.15) is 18.3 Å². The van der Waals surface area contributed by atoms with E-state index in [-0.39, 0.29) is 18.4 Å². The second-order valence-electron chi connectivity index (χ2n) is 4.97. The molecule has 0 aromatic heterocycles. The zero-order valence-electron chi connectivity index (χ0n) is 10.2. The van der Waals surface area contributed by atoms with Crippen molar-refractivity contribution in [3.63, 3.8) is 0 Å². The molecule has 1 heterocycles. The molecule has 1 unspecified atom stereocenters. The third-order valence-electron chi connectivity index (χ3n) is 3.91. The van der Waals surface area contributed by atoms with Gasteiger partial charge in [0.25, 0.3) is 0 Å². The second-order valence-corrected chi connectivity index (χ2v) is 4.97. The van der Waals surface area contributed by atoms with E-state index >= 15 is 0 Å². The number of carbonyl (C=O) groups excluding carboxylic acids is 2. The maximum atomic E-state index is 12.6. The zero-order valence-corrected chi connectivity index (χ0v) is 10.2. The van der Waals surface area contributed by atoms with E-state index in [1.54, 1.807) is 6.92 Å². The summed E-state index contributed by atoms with van der Waals surface area (Å²) in [5, 5.41) is 2.73. The van der Waals surface area contributed by atoms with Crippen LogP contribution in [-0.2, 0) is 9.59 Å². The van der Waals surface area contributed by atoms with Gasteiger partial charge in [0.2, 0.25) is 11.8 Å². The van der Waals surface area contributed by atoms with Crippen molar-refractivity contribution in [2.24, 2.45) is 0 Å². The van der Waals surface area contributed by atoms with E-state index in [1.807, 2.05) is 0 Å². The van der Waals surface area contributed by atoms with E-state index in [9.17, 15) is 14.0 Å². The zero-order chi connectivity index (χ0) is 12.5. The number of rotatable bonds is 2. The summed E-state index contributed by atoms with van der Waals surface area (Å²) in [4.78, 5) is 25.7. The Labute approximate surface area is 101 Å². The molecule has 1 spiro atoms.